The maximum Gasteiger partial charge on any atom is 0.226 e. The first-order chi connectivity index (χ1) is 10.9. The van der Waals surface area contributed by atoms with E-state index in [4.69, 9.17) is 0 Å². The number of nitrogens with one attached hydrogen (secondary N) is 3. The van der Waals surface area contributed by atoms with E-state index in [9.17, 15) is 4.79 Å². The SMILES string of the molecule is CCNC(=NCC(C)C)NCCC(=O)Nc1ccc(Br)cc1C.I. The van der Waals surface area contributed by atoms with Crippen molar-refractivity contribution in [1.29, 1.82) is 0 Å². The number of anilines is 1. The van der Waals surface area contributed by atoms with Gasteiger partial charge < -0.3 is 16.0 Å². The van der Waals surface area contributed by atoms with E-state index in [-0.39, 0.29) is 29.9 Å². The molecule has 5 nitrogen and oxygen atoms in total. The van der Waals surface area contributed by atoms with Crippen molar-refractivity contribution in [2.75, 3.05) is 25.0 Å². The third kappa shape index (κ3) is 9.46. The number of aliphatic imine (C=N–C) groups is 1. The summed E-state index contributed by atoms with van der Waals surface area (Å²) in [6, 6.07) is 5.80. The lowest BCUT2D eigenvalue weighted by Gasteiger charge is -2.12. The van der Waals surface area contributed by atoms with E-state index in [1.165, 1.54) is 0 Å². The molecule has 0 spiro atoms. The molecule has 0 aromatic heterocycles. The Morgan fingerprint density at radius 3 is 2.58 bits per heavy atom. The molecule has 3 N–H and O–H groups in total. The number of carbonyl (C=O) groups excluding carboxylic acids is 1. The third-order valence-electron chi connectivity index (χ3n) is 3.07. The number of hydrogen-bond acceptors (Lipinski definition) is 2. The van der Waals surface area contributed by atoms with E-state index in [1.807, 2.05) is 32.0 Å². The van der Waals surface area contributed by atoms with Crippen LogP contribution < -0.4 is 16.0 Å². The minimum atomic E-state index is -0.0115. The molecular formula is C17H28BrIN4O. The molecule has 1 amide bonds. The molecule has 136 valence electrons. The molecule has 0 aliphatic carbocycles. The summed E-state index contributed by atoms with van der Waals surface area (Å²) in [7, 11) is 0. The van der Waals surface area contributed by atoms with Crippen LogP contribution >= 0.6 is 39.9 Å². The van der Waals surface area contributed by atoms with Crippen molar-refractivity contribution >= 4 is 57.5 Å². The Balaban J connectivity index is 0.00000529. The van der Waals surface area contributed by atoms with Crippen LogP contribution in [-0.4, -0.2) is 31.5 Å². The van der Waals surface area contributed by atoms with Gasteiger partial charge in [-0.25, -0.2) is 0 Å². The molecule has 0 bridgehead atoms. The lowest BCUT2D eigenvalue weighted by Crippen LogP contribution is -2.39. The van der Waals surface area contributed by atoms with Crippen LogP contribution in [0.2, 0.25) is 0 Å². The average Bonchev–Trinajstić information content (AvgIpc) is 2.47. The van der Waals surface area contributed by atoms with Crippen LogP contribution in [0.1, 0.15) is 32.8 Å². The zero-order chi connectivity index (χ0) is 17.2. The maximum atomic E-state index is 12.0. The molecule has 0 radical (unpaired) electrons. The minimum absolute atomic E-state index is 0. The third-order valence-corrected chi connectivity index (χ3v) is 3.56. The lowest BCUT2D eigenvalue weighted by molar-refractivity contribution is -0.116. The van der Waals surface area contributed by atoms with Gasteiger partial charge in [-0.2, -0.15) is 0 Å². The van der Waals surface area contributed by atoms with E-state index in [0.717, 1.165) is 34.8 Å². The highest BCUT2D eigenvalue weighted by atomic mass is 127. The van der Waals surface area contributed by atoms with Crippen LogP contribution in [0.4, 0.5) is 5.69 Å². The summed E-state index contributed by atoms with van der Waals surface area (Å²) in [4.78, 5) is 16.5. The molecule has 0 fully saturated rings. The normalized spacial score (nSPS) is 11.0. The molecule has 1 aromatic rings. The molecule has 0 aliphatic rings. The van der Waals surface area contributed by atoms with E-state index >= 15 is 0 Å². The van der Waals surface area contributed by atoms with Crippen LogP contribution in [0.5, 0.6) is 0 Å². The molecule has 24 heavy (non-hydrogen) atoms. The Morgan fingerprint density at radius 1 is 1.29 bits per heavy atom. The summed E-state index contributed by atoms with van der Waals surface area (Å²) in [6.07, 6.45) is 0.390. The Hall–Kier alpha value is -0.830. The lowest BCUT2D eigenvalue weighted by atomic mass is 10.2. The second-order valence-electron chi connectivity index (χ2n) is 5.80. The number of amides is 1. The Kier molecular flexibility index (Phi) is 12.1. The number of nitrogens with zero attached hydrogens (tertiary/aromatic N) is 1. The number of halogens is 2. The average molecular weight is 511 g/mol. The molecular weight excluding hydrogens is 483 g/mol. The quantitative estimate of drug-likeness (QED) is 0.296. The van der Waals surface area contributed by atoms with E-state index in [0.29, 0.717) is 18.9 Å². The first-order valence-electron chi connectivity index (χ1n) is 8.00. The van der Waals surface area contributed by atoms with Gasteiger partial charge in [-0.15, -0.1) is 24.0 Å². The Labute approximate surface area is 170 Å². The minimum Gasteiger partial charge on any atom is -0.357 e. The van der Waals surface area contributed by atoms with Gasteiger partial charge >= 0.3 is 0 Å². The van der Waals surface area contributed by atoms with Crippen molar-refractivity contribution in [1.82, 2.24) is 10.6 Å². The summed E-state index contributed by atoms with van der Waals surface area (Å²) in [6.45, 7) is 10.4. The zero-order valence-electron chi connectivity index (χ0n) is 14.8. The number of carbonyl (C=O) groups is 1. The molecule has 0 heterocycles. The summed E-state index contributed by atoms with van der Waals surface area (Å²) in [5, 5.41) is 9.30. The molecule has 0 aliphatic heterocycles. The van der Waals surface area contributed by atoms with Gasteiger partial charge in [0.05, 0.1) is 0 Å². The van der Waals surface area contributed by atoms with Gasteiger partial charge in [-0.3, -0.25) is 9.79 Å². The number of hydrogen-bond donors (Lipinski definition) is 3. The van der Waals surface area contributed by atoms with Crippen molar-refractivity contribution < 1.29 is 4.79 Å². The number of guanidine groups is 1. The van der Waals surface area contributed by atoms with E-state index < -0.39 is 0 Å². The van der Waals surface area contributed by atoms with Crippen molar-refractivity contribution in [2.45, 2.75) is 34.1 Å². The Bertz CT molecular complexity index is 549. The van der Waals surface area contributed by atoms with Gasteiger partial charge in [0.1, 0.15) is 0 Å². The van der Waals surface area contributed by atoms with Crippen LogP contribution in [0.3, 0.4) is 0 Å². The van der Waals surface area contributed by atoms with E-state index in [2.05, 4.69) is 50.7 Å². The zero-order valence-corrected chi connectivity index (χ0v) is 18.7. The summed E-state index contributed by atoms with van der Waals surface area (Å²) >= 11 is 3.42. The monoisotopic (exact) mass is 510 g/mol. The van der Waals surface area contributed by atoms with Crippen LogP contribution in [0.25, 0.3) is 0 Å². The highest BCUT2D eigenvalue weighted by molar-refractivity contribution is 14.0. The predicted octanol–water partition coefficient (Wildman–Crippen LogP) is 3.92. The summed E-state index contributed by atoms with van der Waals surface area (Å²) in [5.41, 5.74) is 1.88. The number of benzene rings is 1. The first kappa shape index (κ1) is 23.2. The van der Waals surface area contributed by atoms with Gasteiger partial charge in [-0.05, 0) is 43.5 Å². The highest BCUT2D eigenvalue weighted by Crippen LogP contribution is 2.19. The number of rotatable bonds is 7. The van der Waals surface area contributed by atoms with Crippen molar-refractivity contribution in [3.8, 4) is 0 Å². The predicted molar refractivity (Wildman–Crippen MR) is 116 cm³/mol. The first-order valence-corrected chi connectivity index (χ1v) is 8.79. The standard InChI is InChI=1S/C17H27BrN4O.HI/c1-5-19-17(21-11-12(2)3)20-9-8-16(23)22-15-7-6-14(18)10-13(15)4;/h6-7,10,12H,5,8-9,11H2,1-4H3,(H,22,23)(H2,19,20,21);1H. The molecule has 7 heteroatoms. The topological polar surface area (TPSA) is 65.5 Å². The van der Waals surface area contributed by atoms with Crippen LogP contribution in [-0.2, 0) is 4.79 Å². The van der Waals surface area contributed by atoms with Crippen molar-refractivity contribution in [2.24, 2.45) is 10.9 Å². The molecule has 0 atom stereocenters. The second-order valence-corrected chi connectivity index (χ2v) is 6.71. The fourth-order valence-electron chi connectivity index (χ4n) is 1.89. The van der Waals surface area contributed by atoms with Crippen molar-refractivity contribution in [3.05, 3.63) is 28.2 Å². The molecule has 0 saturated carbocycles. The Morgan fingerprint density at radius 2 is 2.00 bits per heavy atom. The summed E-state index contributed by atoms with van der Waals surface area (Å²) in [5.74, 6) is 1.26. The number of aryl methyl sites for hydroxylation is 1. The van der Waals surface area contributed by atoms with Crippen molar-refractivity contribution in [3.63, 3.8) is 0 Å². The highest BCUT2D eigenvalue weighted by Gasteiger charge is 2.06. The van der Waals surface area contributed by atoms with Gasteiger partial charge in [0, 0.05) is 36.2 Å². The molecule has 0 unspecified atom stereocenters. The van der Waals surface area contributed by atoms with Crippen LogP contribution in [0.15, 0.2) is 27.7 Å². The van der Waals surface area contributed by atoms with Crippen LogP contribution in [0, 0.1) is 12.8 Å². The van der Waals surface area contributed by atoms with Gasteiger partial charge in [0.25, 0.3) is 0 Å². The molecule has 1 rings (SSSR count). The largest absolute Gasteiger partial charge is 0.357 e. The smallest absolute Gasteiger partial charge is 0.226 e. The second kappa shape index (κ2) is 12.5. The van der Waals surface area contributed by atoms with Gasteiger partial charge in [-0.1, -0.05) is 29.8 Å². The van der Waals surface area contributed by atoms with Gasteiger partial charge in [0.2, 0.25) is 5.91 Å². The van der Waals surface area contributed by atoms with E-state index in [1.54, 1.807) is 0 Å². The van der Waals surface area contributed by atoms with Gasteiger partial charge in [0.15, 0.2) is 5.96 Å². The molecule has 1 aromatic carbocycles. The maximum absolute atomic E-state index is 12.0. The summed E-state index contributed by atoms with van der Waals surface area (Å²) < 4.78 is 1.01. The fraction of sp³-hybridized carbons (Fsp3) is 0.529. The molecule has 0 saturated heterocycles. The fourth-order valence-corrected chi connectivity index (χ4v) is 2.37.